The minimum absolute atomic E-state index is 0.311. The van der Waals surface area contributed by atoms with Crippen LogP contribution in [-0.4, -0.2) is 13.1 Å². The second-order valence-electron chi connectivity index (χ2n) is 4.40. The largest absolute Gasteiger partial charge is 0.465 e. The third kappa shape index (κ3) is 4.88. The van der Waals surface area contributed by atoms with Gasteiger partial charge in [-0.15, -0.1) is 0 Å². The summed E-state index contributed by atoms with van der Waals surface area (Å²) in [5.41, 5.74) is 2.86. The highest BCUT2D eigenvalue weighted by atomic mass is 79.9. The lowest BCUT2D eigenvalue weighted by atomic mass is 10.1. The molecular formula is C16H16BrNO2S. The van der Waals surface area contributed by atoms with E-state index in [2.05, 4.69) is 38.9 Å². The SMILES string of the molecule is COC(=O)c1cccc(CNSc2cccc(CBr)c2)c1. The van der Waals surface area contributed by atoms with Crippen molar-refractivity contribution in [2.45, 2.75) is 16.8 Å². The predicted octanol–water partition coefficient (Wildman–Crippen LogP) is 4.17. The zero-order valence-corrected chi connectivity index (χ0v) is 14.0. The molecule has 1 N–H and O–H groups in total. The smallest absolute Gasteiger partial charge is 0.337 e. The maximum absolute atomic E-state index is 11.5. The molecule has 0 atom stereocenters. The Balaban J connectivity index is 1.92. The summed E-state index contributed by atoms with van der Waals surface area (Å²) in [7, 11) is 1.39. The van der Waals surface area contributed by atoms with Gasteiger partial charge in [-0.25, -0.2) is 4.79 Å². The Morgan fingerprint density at radius 2 is 1.95 bits per heavy atom. The van der Waals surface area contributed by atoms with Gasteiger partial charge in [0.05, 0.1) is 12.7 Å². The predicted molar refractivity (Wildman–Crippen MR) is 89.6 cm³/mol. The first-order valence-corrected chi connectivity index (χ1v) is 8.38. The van der Waals surface area contributed by atoms with Gasteiger partial charge in [0, 0.05) is 16.8 Å². The molecule has 0 aliphatic rings. The molecule has 0 unspecified atom stereocenters. The summed E-state index contributed by atoms with van der Waals surface area (Å²) in [6.07, 6.45) is 0. The maximum Gasteiger partial charge on any atom is 0.337 e. The monoisotopic (exact) mass is 365 g/mol. The number of benzene rings is 2. The van der Waals surface area contributed by atoms with Gasteiger partial charge in [-0.3, -0.25) is 4.72 Å². The van der Waals surface area contributed by atoms with Gasteiger partial charge in [0.25, 0.3) is 0 Å². The van der Waals surface area contributed by atoms with Crippen LogP contribution in [0.2, 0.25) is 0 Å². The molecule has 5 heteroatoms. The van der Waals surface area contributed by atoms with Crippen molar-refractivity contribution in [3.8, 4) is 0 Å². The lowest BCUT2D eigenvalue weighted by Crippen LogP contribution is -2.06. The number of nitrogens with one attached hydrogen (secondary N) is 1. The van der Waals surface area contributed by atoms with Crippen LogP contribution in [0.3, 0.4) is 0 Å². The number of esters is 1. The first-order chi connectivity index (χ1) is 10.2. The van der Waals surface area contributed by atoms with Crippen LogP contribution >= 0.6 is 27.9 Å². The highest BCUT2D eigenvalue weighted by Gasteiger charge is 2.05. The third-order valence-electron chi connectivity index (χ3n) is 2.87. The fourth-order valence-corrected chi connectivity index (χ4v) is 2.93. The van der Waals surface area contributed by atoms with Gasteiger partial charge in [0.15, 0.2) is 0 Å². The molecule has 0 aliphatic carbocycles. The number of carbonyl (C=O) groups is 1. The standard InChI is InChI=1S/C16H16BrNO2S/c1-20-16(19)14-6-2-5-13(8-14)11-18-21-15-7-3-4-12(9-15)10-17/h2-9,18H,10-11H2,1H3. The Morgan fingerprint density at radius 3 is 2.71 bits per heavy atom. The van der Waals surface area contributed by atoms with Gasteiger partial charge >= 0.3 is 5.97 Å². The number of halogens is 1. The number of methoxy groups -OCH3 is 1. The van der Waals surface area contributed by atoms with Crippen LogP contribution in [0.5, 0.6) is 0 Å². The molecule has 0 bridgehead atoms. The molecule has 0 amide bonds. The summed E-state index contributed by atoms with van der Waals surface area (Å²) >= 11 is 5.03. The lowest BCUT2D eigenvalue weighted by Gasteiger charge is -2.07. The minimum atomic E-state index is -0.311. The molecule has 0 aliphatic heterocycles. The molecule has 110 valence electrons. The van der Waals surface area contributed by atoms with E-state index < -0.39 is 0 Å². The number of rotatable bonds is 6. The van der Waals surface area contributed by atoms with E-state index >= 15 is 0 Å². The van der Waals surface area contributed by atoms with E-state index in [4.69, 9.17) is 4.74 Å². The fourth-order valence-electron chi connectivity index (χ4n) is 1.82. The Labute approximate surface area is 137 Å². The summed E-state index contributed by atoms with van der Waals surface area (Å²) < 4.78 is 8.02. The van der Waals surface area contributed by atoms with E-state index in [1.807, 2.05) is 24.3 Å². The van der Waals surface area contributed by atoms with Gasteiger partial charge in [0.2, 0.25) is 0 Å². The molecule has 2 rings (SSSR count). The summed E-state index contributed by atoms with van der Waals surface area (Å²) in [5, 5.41) is 0.850. The highest BCUT2D eigenvalue weighted by molar-refractivity contribution is 9.08. The van der Waals surface area contributed by atoms with E-state index in [1.165, 1.54) is 12.7 Å². The summed E-state index contributed by atoms with van der Waals surface area (Å²) in [4.78, 5) is 12.6. The highest BCUT2D eigenvalue weighted by Crippen LogP contribution is 2.18. The molecule has 2 aromatic carbocycles. The van der Waals surface area contributed by atoms with E-state index in [9.17, 15) is 4.79 Å². The maximum atomic E-state index is 11.5. The Kier molecular flexibility index (Phi) is 6.29. The molecule has 0 fully saturated rings. The normalized spacial score (nSPS) is 10.4. The van der Waals surface area contributed by atoms with E-state index in [0.29, 0.717) is 12.1 Å². The second-order valence-corrected chi connectivity index (χ2v) is 5.92. The van der Waals surface area contributed by atoms with Crippen LogP contribution in [0.1, 0.15) is 21.5 Å². The van der Waals surface area contributed by atoms with Crippen LogP contribution < -0.4 is 4.72 Å². The van der Waals surface area contributed by atoms with Crippen molar-refractivity contribution in [1.29, 1.82) is 0 Å². The average Bonchev–Trinajstić information content (AvgIpc) is 2.54. The van der Waals surface area contributed by atoms with Crippen molar-refractivity contribution in [1.82, 2.24) is 4.72 Å². The van der Waals surface area contributed by atoms with Crippen LogP contribution in [0.4, 0.5) is 0 Å². The van der Waals surface area contributed by atoms with Gasteiger partial charge in [-0.1, -0.05) is 40.2 Å². The van der Waals surface area contributed by atoms with E-state index in [-0.39, 0.29) is 5.97 Å². The van der Waals surface area contributed by atoms with Crippen LogP contribution in [-0.2, 0) is 16.6 Å². The van der Waals surface area contributed by atoms with Crippen LogP contribution in [0, 0.1) is 0 Å². The van der Waals surface area contributed by atoms with Crippen LogP contribution in [0.25, 0.3) is 0 Å². The van der Waals surface area contributed by atoms with E-state index in [1.54, 1.807) is 18.0 Å². The zero-order chi connectivity index (χ0) is 15.1. The summed E-state index contributed by atoms with van der Waals surface area (Å²) in [6, 6.07) is 15.8. The molecule has 21 heavy (non-hydrogen) atoms. The molecule has 0 saturated heterocycles. The first-order valence-electron chi connectivity index (χ1n) is 6.45. The molecule has 0 spiro atoms. The third-order valence-corrected chi connectivity index (χ3v) is 4.29. The van der Waals surface area contributed by atoms with Crippen LogP contribution in [0.15, 0.2) is 53.4 Å². The quantitative estimate of drug-likeness (QED) is 0.473. The minimum Gasteiger partial charge on any atom is -0.465 e. The van der Waals surface area contributed by atoms with Crippen molar-refractivity contribution in [2.24, 2.45) is 0 Å². The van der Waals surface area contributed by atoms with Gasteiger partial charge in [-0.2, -0.15) is 0 Å². The zero-order valence-electron chi connectivity index (χ0n) is 11.6. The molecular weight excluding hydrogens is 350 g/mol. The Morgan fingerprint density at radius 1 is 1.19 bits per heavy atom. The van der Waals surface area contributed by atoms with E-state index in [0.717, 1.165) is 15.8 Å². The Bertz CT molecular complexity index is 619. The fraction of sp³-hybridized carbons (Fsp3) is 0.188. The van der Waals surface area contributed by atoms with Gasteiger partial charge in [0.1, 0.15) is 0 Å². The number of alkyl halides is 1. The molecule has 0 aromatic heterocycles. The average molecular weight is 366 g/mol. The summed E-state index contributed by atoms with van der Waals surface area (Å²) in [5.74, 6) is -0.311. The first kappa shape index (κ1) is 16.1. The number of hydrogen-bond acceptors (Lipinski definition) is 4. The Hall–Kier alpha value is -1.30. The van der Waals surface area contributed by atoms with Crippen molar-refractivity contribution in [3.63, 3.8) is 0 Å². The molecule has 0 heterocycles. The molecule has 2 aromatic rings. The van der Waals surface area contributed by atoms with Gasteiger partial charge < -0.3 is 4.74 Å². The topological polar surface area (TPSA) is 38.3 Å². The van der Waals surface area contributed by atoms with Crippen molar-refractivity contribution in [2.75, 3.05) is 7.11 Å². The number of hydrogen-bond donors (Lipinski definition) is 1. The molecule has 0 radical (unpaired) electrons. The second kappa shape index (κ2) is 8.22. The number of ether oxygens (including phenoxy) is 1. The lowest BCUT2D eigenvalue weighted by molar-refractivity contribution is 0.0600. The van der Waals surface area contributed by atoms with Crippen molar-refractivity contribution < 1.29 is 9.53 Å². The van der Waals surface area contributed by atoms with Crippen molar-refractivity contribution in [3.05, 3.63) is 65.2 Å². The molecule has 0 saturated carbocycles. The van der Waals surface area contributed by atoms with Crippen molar-refractivity contribution >= 4 is 33.8 Å². The number of carbonyl (C=O) groups excluding carboxylic acids is 1. The molecule has 3 nitrogen and oxygen atoms in total. The van der Waals surface area contributed by atoms with Gasteiger partial charge in [-0.05, 0) is 47.3 Å². The summed E-state index contributed by atoms with van der Waals surface area (Å²) in [6.45, 7) is 0.675.